The Morgan fingerprint density at radius 2 is 2.00 bits per heavy atom. The Morgan fingerprint density at radius 1 is 1.60 bits per heavy atom. The van der Waals surface area contributed by atoms with Crippen LogP contribution in [0.2, 0.25) is 0 Å². The molecule has 58 valence electrons. The van der Waals surface area contributed by atoms with E-state index in [4.69, 9.17) is 9.79 Å². The second kappa shape index (κ2) is 6.28. The fourth-order valence-electron chi connectivity index (χ4n) is 0.246. The third kappa shape index (κ3) is 12.4. The smallest absolute Gasteiger partial charge is 1.00 e. The second-order valence-corrected chi connectivity index (χ2v) is 3.42. The molecule has 0 spiro atoms. The van der Waals surface area contributed by atoms with Crippen molar-refractivity contribution in [1.82, 2.24) is 0 Å². The fourth-order valence-corrected chi connectivity index (χ4v) is 0.739. The van der Waals surface area contributed by atoms with Crippen molar-refractivity contribution in [3.8, 4) is 0 Å². The van der Waals surface area contributed by atoms with E-state index in [1.165, 1.54) is 0 Å². The van der Waals surface area contributed by atoms with Crippen LogP contribution in [-0.4, -0.2) is 16.4 Å². The van der Waals surface area contributed by atoms with Crippen LogP contribution in [0, 0.1) is 5.92 Å². The molecule has 6 heteroatoms. The first kappa shape index (κ1) is 14.3. The Hall–Kier alpha value is 1.75. The Morgan fingerprint density at radius 3 is 2.10 bits per heavy atom. The molecule has 0 aliphatic heterocycles. The molecule has 0 amide bonds. The molecule has 0 aromatic heterocycles. The van der Waals surface area contributed by atoms with Gasteiger partial charge in [-0.25, -0.2) is 4.57 Å². The van der Waals surface area contributed by atoms with Gasteiger partial charge in [-0.3, -0.25) is 4.52 Å². The van der Waals surface area contributed by atoms with Crippen molar-refractivity contribution in [3.05, 3.63) is 0 Å². The summed E-state index contributed by atoms with van der Waals surface area (Å²) >= 11 is 0. The zero-order chi connectivity index (χ0) is 7.49. The summed E-state index contributed by atoms with van der Waals surface area (Å²) in [4.78, 5) is 16.3. The molecule has 0 rings (SSSR count). The summed E-state index contributed by atoms with van der Waals surface area (Å²) in [5.74, 6) is 0.151. The Labute approximate surface area is 104 Å². The molecule has 0 fully saturated rings. The van der Waals surface area contributed by atoms with E-state index in [0.29, 0.717) is 0 Å². The minimum Gasteiger partial charge on any atom is -1.00 e. The third-order valence-corrected chi connectivity index (χ3v) is 1.06. The Bertz CT molecular complexity index is 125. The van der Waals surface area contributed by atoms with Crippen LogP contribution in [0.15, 0.2) is 0 Å². The van der Waals surface area contributed by atoms with Gasteiger partial charge in [-0.15, -0.1) is 0 Å². The van der Waals surface area contributed by atoms with Crippen LogP contribution in [-0.2, 0) is 9.09 Å². The average molecular weight is 194 g/mol. The molecular formula is C4H12KO4P. The normalized spacial score (nSPS) is 11.3. The monoisotopic (exact) mass is 194 g/mol. The van der Waals surface area contributed by atoms with Crippen molar-refractivity contribution in [2.24, 2.45) is 5.92 Å². The SMILES string of the molecule is CC(C)COP(=O)(O)O.[H-].[K+]. The van der Waals surface area contributed by atoms with E-state index >= 15 is 0 Å². The Kier molecular flexibility index (Phi) is 8.97. The van der Waals surface area contributed by atoms with Crippen LogP contribution in [0.3, 0.4) is 0 Å². The molecule has 0 atom stereocenters. The first-order valence-corrected chi connectivity index (χ1v) is 4.15. The maximum Gasteiger partial charge on any atom is 1.00 e. The maximum absolute atomic E-state index is 10.0. The summed E-state index contributed by atoms with van der Waals surface area (Å²) in [6.45, 7) is 3.73. The molecule has 0 saturated heterocycles. The minimum absolute atomic E-state index is 0. The van der Waals surface area contributed by atoms with Crippen molar-refractivity contribution < 1.29 is 71.7 Å². The van der Waals surface area contributed by atoms with Crippen LogP contribution >= 0.6 is 7.82 Å². The quantitative estimate of drug-likeness (QED) is 0.398. The summed E-state index contributed by atoms with van der Waals surface area (Å²) in [7, 11) is -4.22. The summed E-state index contributed by atoms with van der Waals surface area (Å²) in [6.07, 6.45) is 0. The number of phosphoric acid groups is 1. The molecule has 2 N–H and O–H groups in total. The summed E-state index contributed by atoms with van der Waals surface area (Å²) in [6, 6.07) is 0. The number of hydrogen-bond donors (Lipinski definition) is 2. The molecule has 0 aliphatic carbocycles. The van der Waals surface area contributed by atoms with E-state index in [-0.39, 0.29) is 65.3 Å². The van der Waals surface area contributed by atoms with Gasteiger partial charge in [0, 0.05) is 0 Å². The van der Waals surface area contributed by atoms with Gasteiger partial charge in [0.1, 0.15) is 0 Å². The molecule has 10 heavy (non-hydrogen) atoms. The van der Waals surface area contributed by atoms with Gasteiger partial charge < -0.3 is 11.2 Å². The maximum atomic E-state index is 10.0. The van der Waals surface area contributed by atoms with Gasteiger partial charge in [-0.2, -0.15) is 0 Å². The van der Waals surface area contributed by atoms with Gasteiger partial charge in [0.15, 0.2) is 0 Å². The largest absolute Gasteiger partial charge is 1.00 e. The number of phosphoric ester groups is 1. The predicted molar refractivity (Wildman–Crippen MR) is 33.9 cm³/mol. The number of hydrogen-bond acceptors (Lipinski definition) is 2. The van der Waals surface area contributed by atoms with E-state index in [9.17, 15) is 4.57 Å². The van der Waals surface area contributed by atoms with Gasteiger partial charge in [-0.05, 0) is 5.92 Å². The van der Waals surface area contributed by atoms with Gasteiger partial charge in [-0.1, -0.05) is 13.8 Å². The molecule has 0 bridgehead atoms. The van der Waals surface area contributed by atoms with E-state index in [0.717, 1.165) is 0 Å². The van der Waals surface area contributed by atoms with Gasteiger partial charge in [0.05, 0.1) is 6.61 Å². The minimum atomic E-state index is -4.22. The van der Waals surface area contributed by atoms with Gasteiger partial charge in [0.2, 0.25) is 0 Å². The number of rotatable bonds is 3. The van der Waals surface area contributed by atoms with Crippen LogP contribution in [0.1, 0.15) is 15.3 Å². The summed E-state index contributed by atoms with van der Waals surface area (Å²) in [5.41, 5.74) is 0. The van der Waals surface area contributed by atoms with Crippen LogP contribution in [0.4, 0.5) is 0 Å². The fraction of sp³-hybridized carbons (Fsp3) is 1.00. The van der Waals surface area contributed by atoms with Crippen molar-refractivity contribution >= 4 is 7.82 Å². The van der Waals surface area contributed by atoms with Crippen molar-refractivity contribution in [2.75, 3.05) is 6.61 Å². The second-order valence-electron chi connectivity index (χ2n) is 2.18. The van der Waals surface area contributed by atoms with Crippen LogP contribution in [0.5, 0.6) is 0 Å². The molecule has 0 aromatic rings. The topological polar surface area (TPSA) is 66.8 Å². The molecular weight excluding hydrogens is 182 g/mol. The molecule has 4 nitrogen and oxygen atoms in total. The standard InChI is InChI=1S/C4H11O4P.K.H/c1-4(2)3-8-9(5,6)7;;/h4H,3H2,1-2H3,(H2,5,6,7);;/q;+1;-1. The molecule has 0 aromatic carbocycles. The first-order chi connectivity index (χ1) is 3.92. The first-order valence-electron chi connectivity index (χ1n) is 2.62. The third-order valence-electron chi connectivity index (χ3n) is 0.576. The average Bonchev–Trinajstić information content (AvgIpc) is 1.59. The summed E-state index contributed by atoms with van der Waals surface area (Å²) in [5, 5.41) is 0. The van der Waals surface area contributed by atoms with E-state index < -0.39 is 7.82 Å². The van der Waals surface area contributed by atoms with E-state index in [2.05, 4.69) is 4.52 Å². The van der Waals surface area contributed by atoms with Gasteiger partial charge >= 0.3 is 59.2 Å². The van der Waals surface area contributed by atoms with Crippen molar-refractivity contribution in [3.63, 3.8) is 0 Å². The van der Waals surface area contributed by atoms with E-state index in [1.54, 1.807) is 0 Å². The molecule has 0 radical (unpaired) electrons. The molecule has 0 aliphatic rings. The molecule has 0 unspecified atom stereocenters. The van der Waals surface area contributed by atoms with Crippen molar-refractivity contribution in [1.29, 1.82) is 0 Å². The van der Waals surface area contributed by atoms with Crippen LogP contribution < -0.4 is 51.4 Å². The van der Waals surface area contributed by atoms with E-state index in [1.807, 2.05) is 13.8 Å². The molecule has 0 heterocycles. The molecule has 0 saturated carbocycles. The Balaban J connectivity index is -0.000000320. The van der Waals surface area contributed by atoms with Crippen LogP contribution in [0.25, 0.3) is 0 Å². The van der Waals surface area contributed by atoms with Gasteiger partial charge in [0.25, 0.3) is 0 Å². The van der Waals surface area contributed by atoms with Crippen molar-refractivity contribution in [2.45, 2.75) is 13.8 Å². The zero-order valence-electron chi connectivity index (χ0n) is 7.44. The summed E-state index contributed by atoms with van der Waals surface area (Å²) < 4.78 is 14.2. The predicted octanol–water partition coefficient (Wildman–Crippen LogP) is -2.13. The zero-order valence-corrected chi connectivity index (χ0v) is 10.5.